The van der Waals surface area contributed by atoms with E-state index in [4.69, 9.17) is 13.0 Å². The van der Waals surface area contributed by atoms with Crippen molar-refractivity contribution in [2.45, 2.75) is 50.5 Å². The van der Waals surface area contributed by atoms with Gasteiger partial charge in [-0.3, -0.25) is 24.5 Å². The highest BCUT2D eigenvalue weighted by Crippen LogP contribution is 2.40. The van der Waals surface area contributed by atoms with Gasteiger partial charge in [0, 0.05) is 30.0 Å². The minimum atomic E-state index is -5.29. The predicted octanol–water partition coefficient (Wildman–Crippen LogP) is 4.29. The molecule has 4 rings (SSSR count). The third-order valence-corrected chi connectivity index (χ3v) is 6.14. The first-order valence-electron chi connectivity index (χ1n) is 11.4. The fraction of sp³-hybridized carbons (Fsp3) is 0.333. The van der Waals surface area contributed by atoms with Crippen molar-refractivity contribution in [3.05, 3.63) is 63.7 Å². The van der Waals surface area contributed by atoms with Crippen LogP contribution in [0.3, 0.4) is 0 Å². The van der Waals surface area contributed by atoms with Gasteiger partial charge in [-0.15, -0.1) is 13.2 Å². The van der Waals surface area contributed by atoms with Crippen LogP contribution in [0.5, 0.6) is 5.75 Å². The fourth-order valence-electron chi connectivity index (χ4n) is 4.14. The van der Waals surface area contributed by atoms with E-state index in [9.17, 15) is 41.1 Å². The van der Waals surface area contributed by atoms with Gasteiger partial charge in [-0.1, -0.05) is 23.7 Å². The molecule has 2 aliphatic heterocycles. The lowest BCUT2D eigenvalue weighted by molar-refractivity contribution is -0.275. The molecule has 1 N–H and O–H groups in total. The van der Waals surface area contributed by atoms with Crippen molar-refractivity contribution in [1.29, 1.82) is 0 Å². The number of alkyl halides is 5. The molecule has 1 unspecified atom stereocenters. The third-order valence-electron chi connectivity index (χ3n) is 5.90. The number of Topliss-reactive ketones (excluding diaryl/α,β-unsaturated/α-hetero) is 1. The van der Waals surface area contributed by atoms with Crippen molar-refractivity contribution in [3.63, 3.8) is 0 Å². The number of carbonyl (C=O) groups is 4. The van der Waals surface area contributed by atoms with Gasteiger partial charge in [0.2, 0.25) is 17.6 Å². The van der Waals surface area contributed by atoms with E-state index in [-0.39, 0.29) is 36.4 Å². The molecule has 7 nitrogen and oxygen atoms in total. The van der Waals surface area contributed by atoms with E-state index in [0.717, 1.165) is 11.0 Å². The Morgan fingerprint density at radius 3 is 2.54 bits per heavy atom. The number of imide groups is 1. The summed E-state index contributed by atoms with van der Waals surface area (Å²) in [6.45, 7) is -0.153. The van der Waals surface area contributed by atoms with Gasteiger partial charge in [-0.2, -0.15) is 8.78 Å². The molecule has 0 radical (unpaired) electrons. The van der Waals surface area contributed by atoms with Crippen molar-refractivity contribution >= 4 is 35.1 Å². The number of ether oxygens (including phenoxy) is 1. The normalized spacial score (nSPS) is 20.4. The lowest BCUT2D eigenvalue weighted by Crippen LogP contribution is -2.52. The topological polar surface area (TPSA) is 92.8 Å². The van der Waals surface area contributed by atoms with E-state index in [2.05, 4.69) is 4.74 Å². The Morgan fingerprint density at radius 1 is 1.14 bits per heavy atom. The summed E-state index contributed by atoms with van der Waals surface area (Å²) < 4.78 is 79.9. The Hall–Kier alpha value is -3.54. The van der Waals surface area contributed by atoms with Crippen LogP contribution in [0.2, 0.25) is 5.02 Å². The smallest absolute Gasteiger partial charge is 0.405 e. The second-order valence-corrected chi connectivity index (χ2v) is 8.83. The SMILES string of the molecule is [2H]C1(N2Cc3cc(CCC(=O)C(F)(F)c4ccc(Cl)cc4OC(F)(F)F)ccc3C2=O)CCC(=O)NC1=O. The highest BCUT2D eigenvalue weighted by atomic mass is 35.5. The number of benzene rings is 2. The highest BCUT2D eigenvalue weighted by Gasteiger charge is 2.45. The van der Waals surface area contributed by atoms with Crippen LogP contribution in [0.1, 0.15) is 47.7 Å². The summed E-state index contributed by atoms with van der Waals surface area (Å²) in [4.78, 5) is 50.0. The Labute approximate surface area is 212 Å². The highest BCUT2D eigenvalue weighted by molar-refractivity contribution is 6.30. The third kappa shape index (κ3) is 5.58. The van der Waals surface area contributed by atoms with Crippen LogP contribution < -0.4 is 10.1 Å². The van der Waals surface area contributed by atoms with Crippen LogP contribution in [0.25, 0.3) is 0 Å². The lowest BCUT2D eigenvalue weighted by atomic mass is 9.97. The monoisotopic (exact) mass is 545 g/mol. The Morgan fingerprint density at radius 2 is 1.86 bits per heavy atom. The number of ketones is 1. The molecule has 2 aromatic carbocycles. The molecule has 1 saturated heterocycles. The van der Waals surface area contributed by atoms with Gasteiger partial charge < -0.3 is 9.64 Å². The first kappa shape index (κ1) is 25.1. The summed E-state index contributed by atoms with van der Waals surface area (Å²) in [6.07, 6.45) is -6.61. The molecule has 0 aromatic heterocycles. The van der Waals surface area contributed by atoms with E-state index in [1.54, 1.807) is 0 Å². The Kier molecular flexibility index (Phi) is 6.61. The number of nitrogens with zero attached hydrogens (tertiary/aromatic N) is 1. The second kappa shape index (κ2) is 9.73. The molecule has 196 valence electrons. The summed E-state index contributed by atoms with van der Waals surface area (Å²) in [5.41, 5.74) is -0.351. The number of hydrogen-bond acceptors (Lipinski definition) is 5. The maximum Gasteiger partial charge on any atom is 0.573 e. The molecule has 3 amide bonds. The van der Waals surface area contributed by atoms with E-state index < -0.39 is 59.5 Å². The van der Waals surface area contributed by atoms with Gasteiger partial charge in [0.25, 0.3) is 5.91 Å². The van der Waals surface area contributed by atoms with Gasteiger partial charge in [-0.25, -0.2) is 0 Å². The maximum atomic E-state index is 14.9. The molecule has 0 spiro atoms. The molecule has 1 fully saturated rings. The van der Waals surface area contributed by atoms with E-state index >= 15 is 0 Å². The lowest BCUT2D eigenvalue weighted by Gasteiger charge is -2.29. The van der Waals surface area contributed by atoms with Gasteiger partial charge in [0.1, 0.15) is 11.8 Å². The Bertz CT molecular complexity index is 1350. The van der Waals surface area contributed by atoms with Crippen LogP contribution in [-0.2, 0) is 33.3 Å². The molecular formula is C24H18ClF5N2O5. The van der Waals surface area contributed by atoms with E-state index in [1.165, 1.54) is 18.2 Å². The zero-order valence-electron chi connectivity index (χ0n) is 19.8. The van der Waals surface area contributed by atoms with Crippen LogP contribution in [-0.4, -0.2) is 40.8 Å². The minimum Gasteiger partial charge on any atom is -0.405 e. The number of rotatable bonds is 7. The van der Waals surface area contributed by atoms with Crippen molar-refractivity contribution in [2.75, 3.05) is 0 Å². The maximum absolute atomic E-state index is 14.9. The zero-order valence-corrected chi connectivity index (χ0v) is 19.5. The Balaban J connectivity index is 1.49. The van der Waals surface area contributed by atoms with Crippen LogP contribution in [0.15, 0.2) is 36.4 Å². The summed E-state index contributed by atoms with van der Waals surface area (Å²) >= 11 is 5.60. The second-order valence-electron chi connectivity index (χ2n) is 8.39. The number of piperidine rings is 1. The fourth-order valence-corrected chi connectivity index (χ4v) is 4.30. The largest absolute Gasteiger partial charge is 0.573 e. The number of halogens is 6. The van der Waals surface area contributed by atoms with E-state index in [1.807, 2.05) is 5.32 Å². The molecule has 2 aliphatic rings. The number of fused-ring (bicyclic) bond motifs is 1. The van der Waals surface area contributed by atoms with Crippen LogP contribution >= 0.6 is 11.6 Å². The molecule has 2 aromatic rings. The molecule has 2 heterocycles. The van der Waals surface area contributed by atoms with Crippen molar-refractivity contribution < 1.29 is 47.2 Å². The molecular weight excluding hydrogens is 527 g/mol. The van der Waals surface area contributed by atoms with Gasteiger partial charge >= 0.3 is 12.3 Å². The molecule has 37 heavy (non-hydrogen) atoms. The first-order valence-corrected chi connectivity index (χ1v) is 11.2. The van der Waals surface area contributed by atoms with Crippen molar-refractivity contribution in [1.82, 2.24) is 10.2 Å². The molecule has 0 bridgehead atoms. The minimum absolute atomic E-state index is 0.125. The zero-order chi connectivity index (χ0) is 28.0. The summed E-state index contributed by atoms with van der Waals surface area (Å²) in [5.74, 6) is -9.39. The number of carbonyl (C=O) groups excluding carboxylic acids is 4. The van der Waals surface area contributed by atoms with Gasteiger partial charge in [-0.05, 0) is 48.2 Å². The van der Waals surface area contributed by atoms with Gasteiger partial charge in [0.15, 0.2) is 0 Å². The standard InChI is InChI=1S/C24H18ClF5N2O5/c25-14-3-5-16(18(10-14)37-24(28,29)30)23(26,27)19(33)7-2-12-1-4-15-13(9-12)11-32(22(15)36)17-6-8-20(34)31-21(17)35/h1,3-5,9-10,17H,2,6-8,11H2,(H,31,34,35)/i17D. The molecule has 13 heteroatoms. The number of amides is 3. The van der Waals surface area contributed by atoms with Crippen molar-refractivity contribution in [2.24, 2.45) is 0 Å². The van der Waals surface area contributed by atoms with Crippen LogP contribution in [0.4, 0.5) is 22.0 Å². The predicted molar refractivity (Wildman–Crippen MR) is 118 cm³/mol. The number of nitrogens with one attached hydrogen (secondary N) is 1. The van der Waals surface area contributed by atoms with Crippen LogP contribution in [0, 0.1) is 0 Å². The molecule has 1 atom stereocenters. The summed E-state index contributed by atoms with van der Waals surface area (Å²) in [7, 11) is 0. The summed E-state index contributed by atoms with van der Waals surface area (Å²) in [6, 6.07) is 4.28. The average Bonchev–Trinajstić information content (AvgIpc) is 3.15. The quantitative estimate of drug-likeness (QED) is 0.414. The molecule has 0 aliphatic carbocycles. The first-order chi connectivity index (χ1) is 17.6. The number of aryl methyl sites for hydroxylation is 1. The molecule has 0 saturated carbocycles. The van der Waals surface area contributed by atoms with E-state index in [0.29, 0.717) is 23.3 Å². The average molecular weight is 546 g/mol. The number of hydrogen-bond donors (Lipinski definition) is 1. The summed E-state index contributed by atoms with van der Waals surface area (Å²) in [5, 5.41) is 1.74. The van der Waals surface area contributed by atoms with Gasteiger partial charge in [0.05, 0.1) is 6.93 Å². The van der Waals surface area contributed by atoms with Crippen molar-refractivity contribution in [3.8, 4) is 5.75 Å².